The van der Waals surface area contributed by atoms with Gasteiger partial charge >= 0.3 is 0 Å². The molecular weight excluding hydrogens is 332 g/mol. The number of aliphatic imine (C=N–C) groups is 1. The van der Waals surface area contributed by atoms with Gasteiger partial charge in [-0.1, -0.05) is 12.1 Å². The number of para-hydroxylation sites is 2. The van der Waals surface area contributed by atoms with E-state index in [1.54, 1.807) is 18.4 Å². The van der Waals surface area contributed by atoms with Crippen molar-refractivity contribution in [2.75, 3.05) is 45.7 Å². The van der Waals surface area contributed by atoms with Crippen molar-refractivity contribution in [2.24, 2.45) is 4.99 Å². The maximum absolute atomic E-state index is 5.30. The second kappa shape index (κ2) is 7.15. The third-order valence-electron chi connectivity index (χ3n) is 5.02. The van der Waals surface area contributed by atoms with Crippen molar-refractivity contribution in [3.8, 4) is 0 Å². The fourth-order valence-electron chi connectivity index (χ4n) is 3.50. The molecule has 2 aliphatic rings. The lowest BCUT2D eigenvalue weighted by atomic mass is 10.1. The molecule has 3 heterocycles. The first-order valence-corrected chi connectivity index (χ1v) is 9.61. The number of nitrogens with one attached hydrogen (secondary N) is 1. The highest BCUT2D eigenvalue weighted by Crippen LogP contribution is 2.37. The van der Waals surface area contributed by atoms with Crippen LogP contribution in [0.2, 0.25) is 0 Å². The highest BCUT2D eigenvalue weighted by atomic mass is 32.1. The summed E-state index contributed by atoms with van der Waals surface area (Å²) in [5, 5.41) is 6.87. The van der Waals surface area contributed by atoms with Crippen molar-refractivity contribution < 1.29 is 4.74 Å². The molecule has 1 N–H and O–H groups in total. The van der Waals surface area contributed by atoms with E-state index in [0.717, 1.165) is 49.9 Å². The molecule has 0 spiro atoms. The summed E-state index contributed by atoms with van der Waals surface area (Å²) in [6.45, 7) is 3.82. The van der Waals surface area contributed by atoms with Crippen LogP contribution in [0.5, 0.6) is 0 Å². The number of benzene rings is 1. The zero-order chi connectivity index (χ0) is 17.2. The van der Waals surface area contributed by atoms with E-state index in [1.807, 2.05) is 6.07 Å². The molecule has 1 saturated heterocycles. The Hall–Kier alpha value is -1.89. The van der Waals surface area contributed by atoms with E-state index in [2.05, 4.69) is 51.8 Å². The molecule has 0 aliphatic carbocycles. The van der Waals surface area contributed by atoms with Gasteiger partial charge in [-0.3, -0.25) is 4.90 Å². The molecule has 1 aromatic heterocycles. The van der Waals surface area contributed by atoms with E-state index < -0.39 is 0 Å². The summed E-state index contributed by atoms with van der Waals surface area (Å²) in [6.07, 6.45) is 1.04. The van der Waals surface area contributed by atoms with Crippen LogP contribution in [0.15, 0.2) is 40.7 Å². The minimum Gasteiger partial charge on any atom is -0.385 e. The maximum atomic E-state index is 5.30. The Bertz CT molecular complexity index is 772. The normalized spacial score (nSPS) is 20.3. The molecule has 1 aromatic carbocycles. The molecule has 1 fully saturated rings. The molecule has 25 heavy (non-hydrogen) atoms. The average molecular weight is 356 g/mol. The van der Waals surface area contributed by atoms with Gasteiger partial charge in [-0.25, -0.2) is 4.99 Å². The van der Waals surface area contributed by atoms with Gasteiger partial charge in [0, 0.05) is 39.4 Å². The van der Waals surface area contributed by atoms with Crippen molar-refractivity contribution in [3.63, 3.8) is 0 Å². The fourth-order valence-corrected chi connectivity index (χ4v) is 4.30. The molecular formula is C19H24N4OS. The summed E-state index contributed by atoms with van der Waals surface area (Å²) in [6, 6.07) is 10.9. The van der Waals surface area contributed by atoms with Crippen LogP contribution in [0.3, 0.4) is 0 Å². The molecule has 1 unspecified atom stereocenters. The Morgan fingerprint density at radius 1 is 1.28 bits per heavy atom. The minimum absolute atomic E-state index is 0.491. The number of fused-ring (bicyclic) bond motifs is 2. The van der Waals surface area contributed by atoms with E-state index in [0.29, 0.717) is 6.04 Å². The summed E-state index contributed by atoms with van der Waals surface area (Å²) in [4.78, 5) is 9.93. The van der Waals surface area contributed by atoms with Gasteiger partial charge in [0.05, 0.1) is 16.9 Å². The summed E-state index contributed by atoms with van der Waals surface area (Å²) in [7, 11) is 3.98. The molecule has 5 nitrogen and oxygen atoms in total. The first-order chi connectivity index (χ1) is 12.3. The summed E-state index contributed by atoms with van der Waals surface area (Å²) in [5.74, 6) is 1.09. The number of thiophene rings is 1. The Morgan fingerprint density at radius 3 is 3.04 bits per heavy atom. The van der Waals surface area contributed by atoms with E-state index in [4.69, 9.17) is 9.73 Å². The number of methoxy groups -OCH3 is 1. The maximum Gasteiger partial charge on any atom is 0.139 e. The number of ether oxygens (including phenoxy) is 1. The summed E-state index contributed by atoms with van der Waals surface area (Å²) >= 11 is 1.74. The monoisotopic (exact) mass is 356 g/mol. The molecule has 132 valence electrons. The second-order valence-corrected chi connectivity index (χ2v) is 7.52. The van der Waals surface area contributed by atoms with Crippen LogP contribution < -0.4 is 5.32 Å². The number of amidine groups is 1. The van der Waals surface area contributed by atoms with E-state index in [-0.39, 0.29) is 0 Å². The fraction of sp³-hybridized carbons (Fsp3) is 0.421. The van der Waals surface area contributed by atoms with Crippen LogP contribution in [-0.2, 0) is 4.74 Å². The van der Waals surface area contributed by atoms with Gasteiger partial charge in [0.25, 0.3) is 0 Å². The SMILES string of the molecule is COCCC1CN(C2=Nc3ccccc3Nc3sccc32)CCN1C. The van der Waals surface area contributed by atoms with Gasteiger partial charge in [-0.2, -0.15) is 0 Å². The third-order valence-corrected chi connectivity index (χ3v) is 5.85. The van der Waals surface area contributed by atoms with Crippen molar-refractivity contribution >= 4 is 33.5 Å². The third kappa shape index (κ3) is 3.29. The van der Waals surface area contributed by atoms with Gasteiger partial charge in [0.1, 0.15) is 10.8 Å². The number of hydrogen-bond acceptors (Lipinski definition) is 6. The lowest BCUT2D eigenvalue weighted by Gasteiger charge is -2.40. The lowest BCUT2D eigenvalue weighted by molar-refractivity contribution is 0.100. The molecule has 0 bridgehead atoms. The topological polar surface area (TPSA) is 40.1 Å². The Balaban J connectivity index is 1.67. The zero-order valence-corrected chi connectivity index (χ0v) is 15.6. The molecule has 0 radical (unpaired) electrons. The molecule has 4 rings (SSSR count). The molecule has 0 saturated carbocycles. The van der Waals surface area contributed by atoms with Crippen LogP contribution in [-0.4, -0.2) is 62.1 Å². The predicted molar refractivity (Wildman–Crippen MR) is 105 cm³/mol. The molecule has 1 atom stereocenters. The molecule has 2 aliphatic heterocycles. The minimum atomic E-state index is 0.491. The van der Waals surface area contributed by atoms with Crippen molar-refractivity contribution in [2.45, 2.75) is 12.5 Å². The highest BCUT2D eigenvalue weighted by molar-refractivity contribution is 7.14. The van der Waals surface area contributed by atoms with E-state index in [1.165, 1.54) is 10.6 Å². The lowest BCUT2D eigenvalue weighted by Crippen LogP contribution is -2.53. The Labute approximate surface area is 152 Å². The number of piperazine rings is 1. The zero-order valence-electron chi connectivity index (χ0n) is 14.7. The average Bonchev–Trinajstić information content (AvgIpc) is 3.02. The molecule has 6 heteroatoms. The number of likely N-dealkylation sites (N-methyl/N-ethyl adjacent to an activating group) is 1. The number of rotatable bonds is 3. The van der Waals surface area contributed by atoms with E-state index in [9.17, 15) is 0 Å². The van der Waals surface area contributed by atoms with Gasteiger partial charge in [-0.05, 0) is 37.0 Å². The van der Waals surface area contributed by atoms with Gasteiger partial charge in [0.15, 0.2) is 0 Å². The van der Waals surface area contributed by atoms with E-state index >= 15 is 0 Å². The number of nitrogens with zero attached hydrogens (tertiary/aromatic N) is 3. The van der Waals surface area contributed by atoms with Gasteiger partial charge in [0.2, 0.25) is 0 Å². The summed E-state index contributed by atoms with van der Waals surface area (Å²) < 4.78 is 5.30. The molecule has 2 aromatic rings. The van der Waals surface area contributed by atoms with Gasteiger partial charge < -0.3 is 15.0 Å². The van der Waals surface area contributed by atoms with Crippen molar-refractivity contribution in [1.29, 1.82) is 0 Å². The number of hydrogen-bond donors (Lipinski definition) is 1. The largest absolute Gasteiger partial charge is 0.385 e. The van der Waals surface area contributed by atoms with Crippen molar-refractivity contribution in [3.05, 3.63) is 41.3 Å². The van der Waals surface area contributed by atoms with Crippen molar-refractivity contribution in [1.82, 2.24) is 9.80 Å². The molecule has 0 amide bonds. The first-order valence-electron chi connectivity index (χ1n) is 8.73. The standard InChI is InChI=1S/C19H24N4OS/c1-22-9-10-23(13-14(22)7-11-24-2)18-15-8-12-25-19(15)21-17-6-4-3-5-16(17)20-18/h3-6,8,12,14,21H,7,9-11,13H2,1-2H3. The van der Waals surface area contributed by atoms with Crippen LogP contribution >= 0.6 is 11.3 Å². The Kier molecular flexibility index (Phi) is 4.74. The van der Waals surface area contributed by atoms with Crippen LogP contribution in [0.1, 0.15) is 12.0 Å². The van der Waals surface area contributed by atoms with Crippen LogP contribution in [0.4, 0.5) is 16.4 Å². The van der Waals surface area contributed by atoms with Crippen LogP contribution in [0, 0.1) is 0 Å². The summed E-state index contributed by atoms with van der Waals surface area (Å²) in [5.41, 5.74) is 3.29. The predicted octanol–water partition coefficient (Wildman–Crippen LogP) is 3.54. The smallest absolute Gasteiger partial charge is 0.139 e. The Morgan fingerprint density at radius 2 is 2.16 bits per heavy atom. The van der Waals surface area contributed by atoms with Gasteiger partial charge in [-0.15, -0.1) is 11.3 Å². The second-order valence-electron chi connectivity index (χ2n) is 6.60. The number of anilines is 2. The highest BCUT2D eigenvalue weighted by Gasteiger charge is 2.29. The first kappa shape index (κ1) is 16.6. The van der Waals surface area contributed by atoms with Crippen LogP contribution in [0.25, 0.3) is 0 Å². The quantitative estimate of drug-likeness (QED) is 0.913.